The van der Waals surface area contributed by atoms with E-state index >= 15 is 0 Å². The monoisotopic (exact) mass is 500 g/mol. The van der Waals surface area contributed by atoms with Crippen molar-refractivity contribution in [2.24, 2.45) is 5.92 Å². The Bertz CT molecular complexity index is 590. The summed E-state index contributed by atoms with van der Waals surface area (Å²) < 4.78 is 25.7. The van der Waals surface area contributed by atoms with Crippen LogP contribution in [0.3, 0.4) is 0 Å². The van der Waals surface area contributed by atoms with Gasteiger partial charge in [0.2, 0.25) is 8.32 Å². The number of unbranched alkanes of at least 4 members (excludes halogenated alkanes) is 2. The van der Waals surface area contributed by atoms with Crippen LogP contribution in [0.1, 0.15) is 92.9 Å². The molecule has 1 rings (SSSR count). The number of ether oxygens (including phenoxy) is 2. The van der Waals surface area contributed by atoms with Gasteiger partial charge in [0.25, 0.3) is 5.95 Å². The summed E-state index contributed by atoms with van der Waals surface area (Å²) in [6.07, 6.45) is 9.85. The molecular formula is C27H56O4Si2. The van der Waals surface area contributed by atoms with Crippen LogP contribution in [0.2, 0.25) is 37.8 Å². The van der Waals surface area contributed by atoms with Gasteiger partial charge in [-0.3, -0.25) is 0 Å². The Balaban J connectivity index is 3.06. The normalized spacial score (nSPS) is 22.8. The molecule has 0 bridgehead atoms. The first-order valence-corrected chi connectivity index (χ1v) is 19.9. The molecule has 0 amide bonds. The molecule has 3 atom stereocenters. The molecule has 4 nitrogen and oxygen atoms in total. The fourth-order valence-electron chi connectivity index (χ4n) is 4.03. The van der Waals surface area contributed by atoms with Crippen molar-refractivity contribution in [3.63, 3.8) is 0 Å². The molecule has 0 aliphatic heterocycles. The topological polar surface area (TPSA) is 36.9 Å². The number of hydrogen-bond donors (Lipinski definition) is 0. The van der Waals surface area contributed by atoms with Gasteiger partial charge in [-0.2, -0.15) is 0 Å². The predicted molar refractivity (Wildman–Crippen MR) is 147 cm³/mol. The second-order valence-corrected chi connectivity index (χ2v) is 21.5. The second kappa shape index (κ2) is 13.7. The maximum atomic E-state index is 7.03. The summed E-state index contributed by atoms with van der Waals surface area (Å²) in [4.78, 5) is 0. The van der Waals surface area contributed by atoms with Crippen molar-refractivity contribution >= 4 is 16.6 Å². The van der Waals surface area contributed by atoms with Gasteiger partial charge in [0.05, 0.1) is 18.8 Å². The molecule has 1 aliphatic rings. The van der Waals surface area contributed by atoms with E-state index in [0.29, 0.717) is 18.6 Å². The van der Waals surface area contributed by atoms with Gasteiger partial charge in [-0.25, -0.2) is 0 Å². The van der Waals surface area contributed by atoms with Gasteiger partial charge in [-0.15, -0.1) is 0 Å². The van der Waals surface area contributed by atoms with E-state index in [9.17, 15) is 0 Å². The Hall–Kier alpha value is -0.306. The van der Waals surface area contributed by atoms with Crippen molar-refractivity contribution in [3.8, 4) is 0 Å². The smallest absolute Gasteiger partial charge is 0.267 e. The Morgan fingerprint density at radius 2 is 1.67 bits per heavy atom. The average Bonchev–Trinajstić information content (AvgIpc) is 2.68. The number of rotatable bonds is 14. The third-order valence-electron chi connectivity index (χ3n) is 7.13. The van der Waals surface area contributed by atoms with Crippen LogP contribution in [-0.2, 0) is 18.3 Å². The molecule has 0 saturated heterocycles. The molecule has 6 heteroatoms. The molecule has 196 valence electrons. The minimum absolute atomic E-state index is 0.122. The molecule has 1 unspecified atom stereocenters. The quantitative estimate of drug-likeness (QED) is 0.136. The SMILES string of the molecule is CCO/C(O[Si](C)(C)C)=C1/[C@@H](CCCCCOC(C)CC)CCC[C@@H]1O[Si](C)(C)C(C)(C)C. The lowest BCUT2D eigenvalue weighted by Crippen LogP contribution is -2.46. The van der Waals surface area contributed by atoms with Crippen LogP contribution in [0, 0.1) is 5.92 Å². The molecule has 0 aromatic heterocycles. The molecule has 1 fully saturated rings. The van der Waals surface area contributed by atoms with E-state index in [1.807, 2.05) is 0 Å². The predicted octanol–water partition coefficient (Wildman–Crippen LogP) is 8.65. The summed E-state index contributed by atoms with van der Waals surface area (Å²) in [5, 5.41) is 0.187. The van der Waals surface area contributed by atoms with E-state index in [2.05, 4.69) is 74.3 Å². The Morgan fingerprint density at radius 3 is 2.21 bits per heavy atom. The first-order valence-electron chi connectivity index (χ1n) is 13.6. The van der Waals surface area contributed by atoms with Crippen molar-refractivity contribution in [2.75, 3.05) is 13.2 Å². The van der Waals surface area contributed by atoms with Crippen LogP contribution >= 0.6 is 0 Å². The first-order chi connectivity index (χ1) is 15.2. The molecule has 33 heavy (non-hydrogen) atoms. The zero-order chi connectivity index (χ0) is 25.3. The van der Waals surface area contributed by atoms with Gasteiger partial charge in [-0.05, 0) is 96.1 Å². The molecule has 0 spiro atoms. The van der Waals surface area contributed by atoms with E-state index in [1.54, 1.807) is 0 Å². The van der Waals surface area contributed by atoms with Crippen LogP contribution in [0.25, 0.3) is 0 Å². The summed E-state index contributed by atoms with van der Waals surface area (Å²) in [5.74, 6) is 1.28. The van der Waals surface area contributed by atoms with Crippen LogP contribution in [0.5, 0.6) is 0 Å². The van der Waals surface area contributed by atoms with Crippen molar-refractivity contribution in [3.05, 3.63) is 11.5 Å². The van der Waals surface area contributed by atoms with Crippen LogP contribution in [-0.4, -0.2) is 42.1 Å². The van der Waals surface area contributed by atoms with Crippen molar-refractivity contribution in [2.45, 2.75) is 143 Å². The molecule has 0 aromatic rings. The molecule has 1 saturated carbocycles. The molecule has 0 heterocycles. The highest BCUT2D eigenvalue weighted by molar-refractivity contribution is 6.74. The van der Waals surface area contributed by atoms with Crippen molar-refractivity contribution in [1.82, 2.24) is 0 Å². The molecule has 1 aliphatic carbocycles. The van der Waals surface area contributed by atoms with Crippen LogP contribution in [0.15, 0.2) is 11.5 Å². The van der Waals surface area contributed by atoms with E-state index in [4.69, 9.17) is 18.3 Å². The van der Waals surface area contributed by atoms with Gasteiger partial charge in [0, 0.05) is 12.2 Å². The highest BCUT2D eigenvalue weighted by atomic mass is 28.4. The standard InChI is InChI=1S/C27H56O4Si2/c1-12-22(3)29-21-16-14-15-18-23-19-17-20-24(30-33(10,11)27(4,5)6)25(23)26(28-13-2)31-32(7,8)9/h22-24H,12-21H2,1-11H3/b26-25+/t22?,23-,24-/m0/s1. The summed E-state index contributed by atoms with van der Waals surface area (Å²) in [6.45, 7) is 26.4. The van der Waals surface area contributed by atoms with Crippen LogP contribution in [0.4, 0.5) is 0 Å². The van der Waals surface area contributed by atoms with Crippen molar-refractivity contribution < 1.29 is 18.3 Å². The van der Waals surface area contributed by atoms with E-state index in [-0.39, 0.29) is 11.1 Å². The van der Waals surface area contributed by atoms with Crippen LogP contribution < -0.4 is 0 Å². The van der Waals surface area contributed by atoms with E-state index in [1.165, 1.54) is 37.7 Å². The third kappa shape index (κ3) is 10.9. The minimum atomic E-state index is -1.91. The van der Waals surface area contributed by atoms with Gasteiger partial charge in [-0.1, -0.05) is 40.5 Å². The van der Waals surface area contributed by atoms with Gasteiger partial charge >= 0.3 is 0 Å². The maximum absolute atomic E-state index is 7.03. The van der Waals surface area contributed by atoms with Crippen molar-refractivity contribution in [1.29, 1.82) is 0 Å². The van der Waals surface area contributed by atoms with E-state index < -0.39 is 16.6 Å². The largest absolute Gasteiger partial charge is 0.520 e. The highest BCUT2D eigenvalue weighted by Gasteiger charge is 2.43. The lowest BCUT2D eigenvalue weighted by atomic mass is 9.79. The summed E-state index contributed by atoms with van der Waals surface area (Å²) in [7, 11) is -3.71. The first kappa shape index (κ1) is 30.7. The zero-order valence-corrected chi connectivity index (χ0v) is 25.9. The average molecular weight is 501 g/mol. The third-order valence-corrected chi connectivity index (χ3v) is 12.4. The summed E-state index contributed by atoms with van der Waals surface area (Å²) >= 11 is 0. The Kier molecular flexibility index (Phi) is 12.8. The van der Waals surface area contributed by atoms with Gasteiger partial charge in [0.1, 0.15) is 0 Å². The fraction of sp³-hybridized carbons (Fsp3) is 0.926. The molecule has 0 radical (unpaired) electrons. The minimum Gasteiger partial charge on any atom is -0.520 e. The van der Waals surface area contributed by atoms with E-state index in [0.717, 1.165) is 31.8 Å². The van der Waals surface area contributed by atoms with Gasteiger partial charge in [0.15, 0.2) is 8.32 Å². The Labute approximate surface area is 208 Å². The summed E-state index contributed by atoms with van der Waals surface area (Å²) in [6, 6.07) is 0. The lowest BCUT2D eigenvalue weighted by Gasteiger charge is -2.43. The summed E-state index contributed by atoms with van der Waals surface area (Å²) in [5.41, 5.74) is 1.33. The highest BCUT2D eigenvalue weighted by Crippen LogP contribution is 2.43. The molecule has 0 N–H and O–H groups in total. The fourth-order valence-corrected chi connectivity index (χ4v) is 6.07. The Morgan fingerprint density at radius 1 is 1.00 bits per heavy atom. The molecular weight excluding hydrogens is 444 g/mol. The number of hydrogen-bond acceptors (Lipinski definition) is 4. The van der Waals surface area contributed by atoms with Gasteiger partial charge < -0.3 is 18.3 Å². The maximum Gasteiger partial charge on any atom is 0.267 e. The lowest BCUT2D eigenvalue weighted by molar-refractivity contribution is 0.0601. The second-order valence-electron chi connectivity index (χ2n) is 12.3. The molecule has 0 aromatic carbocycles. The zero-order valence-electron chi connectivity index (χ0n) is 23.9.